The molecule has 14 heavy (non-hydrogen) atoms. The molecule has 0 radical (unpaired) electrons. The number of allylic oxidation sites excluding steroid dienone is 1. The van der Waals surface area contributed by atoms with Crippen LogP contribution in [-0.4, -0.2) is 44.6 Å². The molecule has 0 bridgehead atoms. The maximum atomic E-state index is 11.1. The van der Waals surface area contributed by atoms with Crippen molar-refractivity contribution in [2.75, 3.05) is 34.2 Å². The van der Waals surface area contributed by atoms with E-state index in [0.717, 1.165) is 30.4 Å². The molecule has 0 saturated carbocycles. The van der Waals surface area contributed by atoms with E-state index >= 15 is 0 Å². The quantitative estimate of drug-likeness (QED) is 0.388. The van der Waals surface area contributed by atoms with Crippen LogP contribution in [0.4, 0.5) is 0 Å². The van der Waals surface area contributed by atoms with Crippen molar-refractivity contribution in [1.82, 2.24) is 5.32 Å². The fourth-order valence-electron chi connectivity index (χ4n) is 1.05. The van der Waals surface area contributed by atoms with Crippen molar-refractivity contribution in [3.05, 3.63) is 12.2 Å². The van der Waals surface area contributed by atoms with Gasteiger partial charge in [0.15, 0.2) is 0 Å². The van der Waals surface area contributed by atoms with E-state index in [1.165, 1.54) is 0 Å². The largest absolute Gasteiger partial charge is 0.352 e. The van der Waals surface area contributed by atoms with E-state index in [-0.39, 0.29) is 5.91 Å². The third kappa shape index (κ3) is 9.26. The SMILES string of the molecule is CCC=CC(=O)NCCC[N+](C)(C)C. The first kappa shape index (κ1) is 13.2. The Balaban J connectivity index is 3.46. The lowest BCUT2D eigenvalue weighted by Crippen LogP contribution is -2.37. The third-order valence-corrected chi connectivity index (χ3v) is 1.81. The molecule has 0 aromatic carbocycles. The first-order valence-corrected chi connectivity index (χ1v) is 5.20. The maximum Gasteiger partial charge on any atom is 0.243 e. The zero-order chi connectivity index (χ0) is 11.0. The maximum absolute atomic E-state index is 11.1. The zero-order valence-electron chi connectivity index (χ0n) is 9.84. The van der Waals surface area contributed by atoms with E-state index in [2.05, 4.69) is 26.5 Å². The second-order valence-corrected chi connectivity index (χ2v) is 4.47. The highest BCUT2D eigenvalue weighted by molar-refractivity contribution is 5.87. The molecule has 0 atom stereocenters. The molecule has 0 aromatic heterocycles. The van der Waals surface area contributed by atoms with Crippen molar-refractivity contribution in [3.63, 3.8) is 0 Å². The van der Waals surface area contributed by atoms with Crippen LogP contribution < -0.4 is 5.32 Å². The topological polar surface area (TPSA) is 29.1 Å². The lowest BCUT2D eigenvalue weighted by molar-refractivity contribution is -0.870. The van der Waals surface area contributed by atoms with E-state index < -0.39 is 0 Å². The molecule has 3 nitrogen and oxygen atoms in total. The van der Waals surface area contributed by atoms with Gasteiger partial charge in [-0.3, -0.25) is 4.79 Å². The van der Waals surface area contributed by atoms with Crippen LogP contribution in [0, 0.1) is 0 Å². The molecular weight excluding hydrogens is 176 g/mol. The molecule has 0 unspecified atom stereocenters. The number of nitrogens with zero attached hydrogens (tertiary/aromatic N) is 1. The Morgan fingerprint density at radius 1 is 1.36 bits per heavy atom. The van der Waals surface area contributed by atoms with Gasteiger partial charge in [-0.05, 0) is 12.5 Å². The zero-order valence-corrected chi connectivity index (χ0v) is 9.84. The molecule has 0 aliphatic heterocycles. The summed E-state index contributed by atoms with van der Waals surface area (Å²) in [5, 5.41) is 2.85. The van der Waals surface area contributed by atoms with E-state index in [9.17, 15) is 4.79 Å². The van der Waals surface area contributed by atoms with Gasteiger partial charge in [0.1, 0.15) is 0 Å². The fraction of sp³-hybridized carbons (Fsp3) is 0.727. The molecule has 0 heterocycles. The van der Waals surface area contributed by atoms with Gasteiger partial charge in [0.05, 0.1) is 27.7 Å². The van der Waals surface area contributed by atoms with Crippen molar-refractivity contribution >= 4 is 5.91 Å². The number of rotatable bonds is 6. The summed E-state index contributed by atoms with van der Waals surface area (Å²) in [6.07, 6.45) is 5.41. The molecule has 0 fully saturated rings. The number of hydrogen-bond donors (Lipinski definition) is 1. The molecule has 0 aliphatic rings. The third-order valence-electron chi connectivity index (χ3n) is 1.81. The molecular formula is C11H23N2O+. The summed E-state index contributed by atoms with van der Waals surface area (Å²) in [4.78, 5) is 11.1. The molecule has 0 rings (SSSR count). The van der Waals surface area contributed by atoms with Crippen molar-refractivity contribution in [2.24, 2.45) is 0 Å². The van der Waals surface area contributed by atoms with Crippen LogP contribution in [0.15, 0.2) is 12.2 Å². The first-order chi connectivity index (χ1) is 6.45. The van der Waals surface area contributed by atoms with Gasteiger partial charge < -0.3 is 9.80 Å². The average Bonchev–Trinajstić information content (AvgIpc) is 2.07. The van der Waals surface area contributed by atoms with Crippen molar-refractivity contribution < 1.29 is 9.28 Å². The van der Waals surface area contributed by atoms with Gasteiger partial charge in [-0.15, -0.1) is 0 Å². The highest BCUT2D eigenvalue weighted by Crippen LogP contribution is 1.91. The van der Waals surface area contributed by atoms with E-state index in [1.807, 2.05) is 13.0 Å². The fourth-order valence-corrected chi connectivity index (χ4v) is 1.05. The number of carbonyl (C=O) groups excluding carboxylic acids is 1. The minimum atomic E-state index is 0.0215. The second-order valence-electron chi connectivity index (χ2n) is 4.47. The second kappa shape index (κ2) is 6.60. The van der Waals surface area contributed by atoms with Crippen LogP contribution >= 0.6 is 0 Å². The minimum absolute atomic E-state index is 0.0215. The monoisotopic (exact) mass is 199 g/mol. The van der Waals surface area contributed by atoms with E-state index in [1.54, 1.807) is 6.08 Å². The van der Waals surface area contributed by atoms with E-state index in [4.69, 9.17) is 0 Å². The van der Waals surface area contributed by atoms with Gasteiger partial charge in [0.2, 0.25) is 5.91 Å². The van der Waals surface area contributed by atoms with Gasteiger partial charge in [-0.1, -0.05) is 13.0 Å². The van der Waals surface area contributed by atoms with Gasteiger partial charge in [0, 0.05) is 13.0 Å². The molecule has 3 heteroatoms. The van der Waals surface area contributed by atoms with Crippen LogP contribution in [0.2, 0.25) is 0 Å². The van der Waals surface area contributed by atoms with Crippen LogP contribution in [0.25, 0.3) is 0 Å². The standard InChI is InChI=1S/C11H22N2O/c1-5-6-8-11(14)12-9-7-10-13(2,3)4/h6,8H,5,7,9-10H2,1-4H3/p+1. The van der Waals surface area contributed by atoms with Crippen LogP contribution in [0.3, 0.4) is 0 Å². The number of quaternary nitrogens is 1. The molecule has 0 aliphatic carbocycles. The Kier molecular flexibility index (Phi) is 6.21. The molecule has 0 spiro atoms. The van der Waals surface area contributed by atoms with Gasteiger partial charge in [-0.25, -0.2) is 0 Å². The minimum Gasteiger partial charge on any atom is -0.352 e. The van der Waals surface area contributed by atoms with Gasteiger partial charge >= 0.3 is 0 Å². The van der Waals surface area contributed by atoms with Crippen molar-refractivity contribution in [2.45, 2.75) is 19.8 Å². The summed E-state index contributed by atoms with van der Waals surface area (Å²) in [5.74, 6) is 0.0215. The summed E-state index contributed by atoms with van der Waals surface area (Å²) in [6.45, 7) is 3.86. The summed E-state index contributed by atoms with van der Waals surface area (Å²) < 4.78 is 0.945. The summed E-state index contributed by atoms with van der Waals surface area (Å²) in [5.41, 5.74) is 0. The number of nitrogens with one attached hydrogen (secondary N) is 1. The predicted molar refractivity (Wildman–Crippen MR) is 60.0 cm³/mol. The Labute approximate surface area is 87.4 Å². The summed E-state index contributed by atoms with van der Waals surface area (Å²) in [7, 11) is 6.45. The van der Waals surface area contributed by atoms with Crippen molar-refractivity contribution in [1.29, 1.82) is 0 Å². The summed E-state index contributed by atoms with van der Waals surface area (Å²) >= 11 is 0. The van der Waals surface area contributed by atoms with Gasteiger partial charge in [0.25, 0.3) is 0 Å². The number of carbonyl (C=O) groups is 1. The lowest BCUT2D eigenvalue weighted by Gasteiger charge is -2.23. The molecule has 1 amide bonds. The highest BCUT2D eigenvalue weighted by atomic mass is 16.1. The normalized spacial score (nSPS) is 12.0. The van der Waals surface area contributed by atoms with Crippen molar-refractivity contribution in [3.8, 4) is 0 Å². The Bertz CT molecular complexity index is 192. The smallest absolute Gasteiger partial charge is 0.243 e. The lowest BCUT2D eigenvalue weighted by atomic mass is 10.3. The molecule has 0 saturated heterocycles. The Hall–Kier alpha value is -0.830. The first-order valence-electron chi connectivity index (χ1n) is 5.20. The van der Waals surface area contributed by atoms with Crippen LogP contribution in [-0.2, 0) is 4.79 Å². The Morgan fingerprint density at radius 2 is 2.00 bits per heavy atom. The highest BCUT2D eigenvalue weighted by Gasteiger charge is 2.05. The Morgan fingerprint density at radius 3 is 2.50 bits per heavy atom. The number of hydrogen-bond acceptors (Lipinski definition) is 1. The average molecular weight is 199 g/mol. The van der Waals surface area contributed by atoms with Crippen LogP contribution in [0.1, 0.15) is 19.8 Å². The molecule has 1 N–H and O–H groups in total. The van der Waals surface area contributed by atoms with Gasteiger partial charge in [-0.2, -0.15) is 0 Å². The van der Waals surface area contributed by atoms with Crippen LogP contribution in [0.5, 0.6) is 0 Å². The summed E-state index contributed by atoms with van der Waals surface area (Å²) in [6, 6.07) is 0. The van der Waals surface area contributed by atoms with E-state index in [0.29, 0.717) is 0 Å². The molecule has 0 aromatic rings. The number of amides is 1. The molecule has 82 valence electrons. The predicted octanol–water partition coefficient (Wildman–Crippen LogP) is 1.17.